The van der Waals surface area contributed by atoms with Crippen LogP contribution >= 0.6 is 0 Å². The molecule has 1 heterocycles. The lowest BCUT2D eigenvalue weighted by Crippen LogP contribution is -2.41. The van der Waals surface area contributed by atoms with E-state index >= 15 is 0 Å². The van der Waals surface area contributed by atoms with Crippen LogP contribution in [0.3, 0.4) is 0 Å². The Morgan fingerprint density at radius 2 is 2.26 bits per heavy atom. The molecule has 0 fully saturated rings. The van der Waals surface area contributed by atoms with E-state index in [1.54, 1.807) is 27.8 Å². The number of aldehydes is 1. The summed E-state index contributed by atoms with van der Waals surface area (Å²) in [5, 5.41) is 4.96. The number of nitrogens with one attached hydrogen (secondary N) is 1. The summed E-state index contributed by atoms with van der Waals surface area (Å²) in [7, 11) is 1.66. The van der Waals surface area contributed by atoms with Crippen molar-refractivity contribution in [3.05, 3.63) is 6.20 Å². The van der Waals surface area contributed by atoms with E-state index in [2.05, 4.69) is 10.5 Å². The lowest BCUT2D eigenvalue weighted by atomic mass is 10.2. The number of nitrogens with two attached hydrogens (primary N) is 1. The summed E-state index contributed by atoms with van der Waals surface area (Å²) in [6.07, 6.45) is 1.38. The van der Waals surface area contributed by atoms with Gasteiger partial charge in [-0.1, -0.05) is 0 Å². The molecule has 0 bridgehead atoms. The highest BCUT2D eigenvalue weighted by molar-refractivity contribution is 5.75. The van der Waals surface area contributed by atoms with Crippen molar-refractivity contribution in [3.8, 4) is 0 Å². The molecule has 0 aromatic carbocycles. The van der Waals surface area contributed by atoms with Gasteiger partial charge in [-0.3, -0.25) is 10.1 Å². The minimum atomic E-state index is -0.664. The van der Waals surface area contributed by atoms with Gasteiger partial charge in [-0.05, 0) is 20.8 Å². The number of hydrogen-bond donors (Lipinski definition) is 2. The molecule has 19 heavy (non-hydrogen) atoms. The monoisotopic (exact) mass is 269 g/mol. The van der Waals surface area contributed by atoms with E-state index in [1.807, 2.05) is 0 Å². The summed E-state index contributed by atoms with van der Waals surface area (Å²) < 4.78 is 6.61. The van der Waals surface area contributed by atoms with E-state index in [0.717, 1.165) is 5.01 Å². The van der Waals surface area contributed by atoms with Crippen molar-refractivity contribution >= 4 is 23.9 Å². The molecule has 0 aliphatic heterocycles. The Balaban J connectivity index is 2.81. The molecular formula is C11H19N5O3. The van der Waals surface area contributed by atoms with E-state index < -0.39 is 11.7 Å². The lowest BCUT2D eigenvalue weighted by molar-refractivity contribution is -0.108. The van der Waals surface area contributed by atoms with E-state index in [1.165, 1.54) is 10.9 Å². The first-order chi connectivity index (χ1) is 8.74. The average molecular weight is 269 g/mol. The molecule has 0 aliphatic rings. The standard InChI is InChI=1S/C11H19N5O3/c1-11(2,3)19-10(18)16(5-6-17)14-8-7-13-15(4)9(8)12/h6-7,14H,5,12H2,1-4H3. The fourth-order valence-corrected chi connectivity index (χ4v) is 1.24. The van der Waals surface area contributed by atoms with Gasteiger partial charge in [-0.15, -0.1) is 0 Å². The number of nitrogens with zero attached hydrogens (tertiary/aromatic N) is 3. The first kappa shape index (κ1) is 14.8. The molecule has 106 valence electrons. The Hall–Kier alpha value is -2.25. The number of hydrogen-bond acceptors (Lipinski definition) is 6. The molecule has 0 saturated heterocycles. The second kappa shape index (κ2) is 5.59. The third-order valence-electron chi connectivity index (χ3n) is 2.11. The van der Waals surface area contributed by atoms with E-state index in [0.29, 0.717) is 17.8 Å². The van der Waals surface area contributed by atoms with Crippen LogP contribution < -0.4 is 11.2 Å². The molecule has 0 radical (unpaired) electrons. The van der Waals surface area contributed by atoms with Gasteiger partial charge in [0.15, 0.2) is 0 Å². The summed E-state index contributed by atoms with van der Waals surface area (Å²) in [5.74, 6) is 0.347. The first-order valence-corrected chi connectivity index (χ1v) is 5.73. The summed E-state index contributed by atoms with van der Waals surface area (Å²) in [5.41, 5.74) is 8.23. The van der Waals surface area contributed by atoms with Gasteiger partial charge in [-0.2, -0.15) is 5.10 Å². The molecule has 1 amide bonds. The number of aromatic nitrogens is 2. The number of aryl methyl sites for hydroxylation is 1. The van der Waals surface area contributed by atoms with Crippen LogP contribution in [0.15, 0.2) is 6.20 Å². The molecule has 1 aromatic heterocycles. The second-order valence-electron chi connectivity index (χ2n) is 4.94. The SMILES string of the molecule is Cn1ncc(NN(CC=O)C(=O)OC(C)(C)C)c1N. The number of carbonyl (C=O) groups is 2. The fourth-order valence-electron chi connectivity index (χ4n) is 1.24. The number of rotatable bonds is 4. The number of anilines is 2. The van der Waals surface area contributed by atoms with E-state index in [-0.39, 0.29) is 6.54 Å². The maximum absolute atomic E-state index is 11.9. The molecule has 8 heteroatoms. The molecule has 1 rings (SSSR count). The smallest absolute Gasteiger partial charge is 0.429 e. The Labute approximate surface area is 111 Å². The summed E-state index contributed by atoms with van der Waals surface area (Å²) >= 11 is 0. The molecule has 0 atom stereocenters. The average Bonchev–Trinajstić information content (AvgIpc) is 2.58. The number of carbonyl (C=O) groups excluding carboxylic acids is 2. The molecule has 0 spiro atoms. The summed E-state index contributed by atoms with van der Waals surface area (Å²) in [4.78, 5) is 22.5. The van der Waals surface area contributed by atoms with Crippen molar-refractivity contribution in [2.75, 3.05) is 17.7 Å². The minimum Gasteiger partial charge on any atom is -0.442 e. The highest BCUT2D eigenvalue weighted by atomic mass is 16.6. The van der Waals surface area contributed by atoms with Crippen LogP contribution in [0.2, 0.25) is 0 Å². The van der Waals surface area contributed by atoms with Crippen LogP contribution in [0.5, 0.6) is 0 Å². The normalized spacial score (nSPS) is 10.9. The Kier molecular flexibility index (Phi) is 4.36. The maximum atomic E-state index is 11.9. The van der Waals surface area contributed by atoms with Crippen LogP contribution in [0, 0.1) is 0 Å². The van der Waals surface area contributed by atoms with Gasteiger partial charge in [0.25, 0.3) is 0 Å². The van der Waals surface area contributed by atoms with Gasteiger partial charge in [0.1, 0.15) is 29.9 Å². The number of hydrazine groups is 1. The second-order valence-corrected chi connectivity index (χ2v) is 4.94. The number of nitrogen functional groups attached to an aromatic ring is 1. The predicted molar refractivity (Wildman–Crippen MR) is 70.2 cm³/mol. The Bertz CT molecular complexity index is 463. The van der Waals surface area contributed by atoms with Crippen LogP contribution in [0.25, 0.3) is 0 Å². The number of amides is 1. The topological polar surface area (TPSA) is 102 Å². The van der Waals surface area contributed by atoms with Gasteiger partial charge in [0.05, 0.1) is 6.20 Å². The van der Waals surface area contributed by atoms with E-state index in [9.17, 15) is 9.59 Å². The Morgan fingerprint density at radius 1 is 1.63 bits per heavy atom. The Morgan fingerprint density at radius 3 is 2.68 bits per heavy atom. The molecule has 0 saturated carbocycles. The van der Waals surface area contributed by atoms with Gasteiger partial charge in [-0.25, -0.2) is 9.80 Å². The zero-order valence-corrected chi connectivity index (χ0v) is 11.5. The maximum Gasteiger partial charge on any atom is 0.429 e. The van der Waals surface area contributed by atoms with Crippen molar-refractivity contribution in [2.45, 2.75) is 26.4 Å². The zero-order valence-electron chi connectivity index (χ0n) is 11.5. The van der Waals surface area contributed by atoms with Gasteiger partial charge >= 0.3 is 6.09 Å². The van der Waals surface area contributed by atoms with Gasteiger partial charge < -0.3 is 15.3 Å². The van der Waals surface area contributed by atoms with Crippen molar-refractivity contribution in [3.63, 3.8) is 0 Å². The van der Waals surface area contributed by atoms with Crippen LogP contribution in [0.1, 0.15) is 20.8 Å². The van der Waals surface area contributed by atoms with Crippen molar-refractivity contribution in [1.82, 2.24) is 14.8 Å². The molecule has 1 aromatic rings. The molecular weight excluding hydrogens is 250 g/mol. The van der Waals surface area contributed by atoms with Crippen LogP contribution in [-0.2, 0) is 16.6 Å². The quantitative estimate of drug-likeness (QED) is 0.618. The summed E-state index contributed by atoms with van der Waals surface area (Å²) in [6, 6.07) is 0. The first-order valence-electron chi connectivity index (χ1n) is 5.73. The van der Waals surface area contributed by atoms with Gasteiger partial charge in [0, 0.05) is 7.05 Å². The largest absolute Gasteiger partial charge is 0.442 e. The third kappa shape index (κ3) is 4.16. The van der Waals surface area contributed by atoms with Crippen molar-refractivity contribution < 1.29 is 14.3 Å². The molecule has 8 nitrogen and oxygen atoms in total. The molecule has 3 N–H and O–H groups in total. The minimum absolute atomic E-state index is 0.163. The third-order valence-corrected chi connectivity index (χ3v) is 2.11. The highest BCUT2D eigenvalue weighted by Gasteiger charge is 2.23. The zero-order chi connectivity index (χ0) is 14.6. The van der Waals surface area contributed by atoms with Crippen LogP contribution in [-0.4, -0.2) is 39.3 Å². The molecule has 0 unspecified atom stereocenters. The van der Waals surface area contributed by atoms with Gasteiger partial charge in [0.2, 0.25) is 0 Å². The van der Waals surface area contributed by atoms with E-state index in [4.69, 9.17) is 10.5 Å². The van der Waals surface area contributed by atoms with Crippen LogP contribution in [0.4, 0.5) is 16.3 Å². The highest BCUT2D eigenvalue weighted by Crippen LogP contribution is 2.17. The fraction of sp³-hybridized carbons (Fsp3) is 0.545. The lowest BCUT2D eigenvalue weighted by Gasteiger charge is -2.26. The number of ether oxygens (including phenoxy) is 1. The predicted octanol–water partition coefficient (Wildman–Crippen LogP) is 0.765. The summed E-state index contributed by atoms with van der Waals surface area (Å²) in [6.45, 7) is 5.05. The van der Waals surface area contributed by atoms with Crippen molar-refractivity contribution in [2.24, 2.45) is 7.05 Å². The van der Waals surface area contributed by atoms with Crippen molar-refractivity contribution in [1.29, 1.82) is 0 Å². The molecule has 0 aliphatic carbocycles.